The van der Waals surface area contributed by atoms with Gasteiger partial charge >= 0.3 is 0 Å². The fourth-order valence-electron chi connectivity index (χ4n) is 2.63. The molecule has 2 aromatic carbocycles. The summed E-state index contributed by atoms with van der Waals surface area (Å²) in [5, 5.41) is 21.6. The number of ether oxygens (including phenoxy) is 1. The van der Waals surface area contributed by atoms with Crippen LogP contribution in [0.15, 0.2) is 59.8 Å². The number of aliphatic hydroxyl groups excluding tert-OH is 1. The molecule has 3 rings (SSSR count). The van der Waals surface area contributed by atoms with Gasteiger partial charge < -0.3 is 15.2 Å². The Morgan fingerprint density at radius 2 is 1.89 bits per heavy atom. The van der Waals surface area contributed by atoms with Gasteiger partial charge in [-0.3, -0.25) is 9.36 Å². The number of carbonyl (C=O) groups is 1. The largest absolute Gasteiger partial charge is 0.497 e. The molecular weight excluding hydrogens is 376 g/mol. The summed E-state index contributed by atoms with van der Waals surface area (Å²) in [6.07, 6.45) is -0.164. The van der Waals surface area contributed by atoms with E-state index in [0.29, 0.717) is 23.1 Å². The number of methoxy groups -OCH3 is 1. The summed E-state index contributed by atoms with van der Waals surface area (Å²) in [4.78, 5) is 12.3. The van der Waals surface area contributed by atoms with Crippen molar-refractivity contribution in [3.8, 4) is 11.4 Å². The molecule has 3 aromatic rings. The quantitative estimate of drug-likeness (QED) is 0.567. The molecule has 2 N–H and O–H groups in total. The van der Waals surface area contributed by atoms with Crippen molar-refractivity contribution >= 4 is 23.4 Å². The number of para-hydroxylation sites is 1. The Bertz CT molecular complexity index is 911. The highest BCUT2D eigenvalue weighted by atomic mass is 32.2. The van der Waals surface area contributed by atoms with E-state index in [0.717, 1.165) is 11.4 Å². The van der Waals surface area contributed by atoms with Gasteiger partial charge in [-0.2, -0.15) is 0 Å². The molecule has 1 atom stereocenters. The molecule has 0 aliphatic heterocycles. The standard InChI is InChI=1S/C20H22N4O3S/c1-14(25)12-18-22-23-20(24(18)16-6-4-3-5-7-16)28-13-19(26)21-15-8-10-17(27-2)11-9-15/h3-11,14,25H,12-13H2,1-2H3,(H,21,26). The topological polar surface area (TPSA) is 89.3 Å². The van der Waals surface area contributed by atoms with Crippen molar-refractivity contribution in [2.24, 2.45) is 0 Å². The molecule has 0 saturated carbocycles. The Hall–Kier alpha value is -2.84. The number of nitrogens with zero attached hydrogens (tertiary/aromatic N) is 3. The van der Waals surface area contributed by atoms with E-state index in [1.165, 1.54) is 11.8 Å². The molecule has 1 amide bonds. The lowest BCUT2D eigenvalue weighted by molar-refractivity contribution is -0.113. The van der Waals surface area contributed by atoms with Gasteiger partial charge in [0, 0.05) is 17.8 Å². The fraction of sp³-hybridized carbons (Fsp3) is 0.250. The lowest BCUT2D eigenvalue weighted by Crippen LogP contribution is -2.15. The van der Waals surface area contributed by atoms with Crippen molar-refractivity contribution < 1.29 is 14.6 Å². The van der Waals surface area contributed by atoms with Crippen molar-refractivity contribution in [1.29, 1.82) is 0 Å². The van der Waals surface area contributed by atoms with Crippen molar-refractivity contribution in [1.82, 2.24) is 14.8 Å². The molecule has 1 heterocycles. The van der Waals surface area contributed by atoms with Crippen LogP contribution in [0.2, 0.25) is 0 Å². The maximum atomic E-state index is 12.3. The highest BCUT2D eigenvalue weighted by molar-refractivity contribution is 7.99. The van der Waals surface area contributed by atoms with E-state index in [1.807, 2.05) is 34.9 Å². The molecule has 0 fully saturated rings. The number of anilines is 1. The molecule has 1 unspecified atom stereocenters. The lowest BCUT2D eigenvalue weighted by atomic mass is 10.2. The first kappa shape index (κ1) is 19.9. The van der Waals surface area contributed by atoms with Crippen molar-refractivity contribution in [2.45, 2.75) is 24.6 Å². The molecule has 0 radical (unpaired) electrons. The molecule has 0 bridgehead atoms. The number of amides is 1. The molecule has 0 aliphatic carbocycles. The number of benzene rings is 2. The lowest BCUT2D eigenvalue weighted by Gasteiger charge is -2.11. The van der Waals surface area contributed by atoms with Crippen LogP contribution in [0, 0.1) is 0 Å². The molecular formula is C20H22N4O3S. The van der Waals surface area contributed by atoms with Crippen LogP contribution in [0.1, 0.15) is 12.7 Å². The van der Waals surface area contributed by atoms with Gasteiger partial charge in [0.05, 0.1) is 19.0 Å². The molecule has 7 nitrogen and oxygen atoms in total. The second-order valence-electron chi connectivity index (χ2n) is 6.19. The predicted molar refractivity (Wildman–Crippen MR) is 109 cm³/mol. The van der Waals surface area contributed by atoms with Crippen LogP contribution in [-0.4, -0.2) is 44.7 Å². The third-order valence-electron chi connectivity index (χ3n) is 3.90. The molecule has 28 heavy (non-hydrogen) atoms. The average Bonchev–Trinajstić information content (AvgIpc) is 3.09. The van der Waals surface area contributed by atoms with E-state index in [-0.39, 0.29) is 11.7 Å². The highest BCUT2D eigenvalue weighted by Crippen LogP contribution is 2.23. The van der Waals surface area contributed by atoms with Gasteiger partial charge in [-0.1, -0.05) is 30.0 Å². The zero-order chi connectivity index (χ0) is 19.9. The van der Waals surface area contributed by atoms with Gasteiger partial charge in [0.2, 0.25) is 5.91 Å². The van der Waals surface area contributed by atoms with Crippen LogP contribution in [0.5, 0.6) is 5.75 Å². The minimum absolute atomic E-state index is 0.144. The summed E-state index contributed by atoms with van der Waals surface area (Å²) in [5.74, 6) is 1.43. The van der Waals surface area contributed by atoms with Crippen LogP contribution < -0.4 is 10.1 Å². The van der Waals surface area contributed by atoms with Crippen LogP contribution in [0.4, 0.5) is 5.69 Å². The number of aliphatic hydroxyl groups is 1. The Balaban J connectivity index is 1.71. The summed E-state index contributed by atoms with van der Waals surface area (Å²) in [5.41, 5.74) is 1.59. The van der Waals surface area contributed by atoms with Crippen molar-refractivity contribution in [2.75, 3.05) is 18.2 Å². The normalized spacial score (nSPS) is 11.8. The number of carbonyl (C=O) groups excluding carboxylic acids is 1. The molecule has 0 aliphatic rings. The molecule has 8 heteroatoms. The SMILES string of the molecule is COc1ccc(NC(=O)CSc2nnc(CC(C)O)n2-c2ccccc2)cc1. The number of rotatable bonds is 8. The average molecular weight is 398 g/mol. The number of nitrogens with one attached hydrogen (secondary N) is 1. The summed E-state index contributed by atoms with van der Waals surface area (Å²) < 4.78 is 6.98. The van der Waals surface area contributed by atoms with E-state index in [4.69, 9.17) is 4.74 Å². The van der Waals surface area contributed by atoms with E-state index >= 15 is 0 Å². The highest BCUT2D eigenvalue weighted by Gasteiger charge is 2.17. The third kappa shape index (κ3) is 5.11. The smallest absolute Gasteiger partial charge is 0.234 e. The van der Waals surface area contributed by atoms with Gasteiger partial charge in [0.25, 0.3) is 0 Å². The summed E-state index contributed by atoms with van der Waals surface area (Å²) in [6, 6.07) is 16.8. The van der Waals surface area contributed by atoms with Gasteiger partial charge in [0.15, 0.2) is 5.16 Å². The zero-order valence-corrected chi connectivity index (χ0v) is 16.5. The van der Waals surface area contributed by atoms with Gasteiger partial charge in [0.1, 0.15) is 11.6 Å². The van der Waals surface area contributed by atoms with E-state index < -0.39 is 6.10 Å². The third-order valence-corrected chi connectivity index (χ3v) is 4.83. The minimum Gasteiger partial charge on any atom is -0.497 e. The second kappa shape index (κ2) is 9.38. The van der Waals surface area contributed by atoms with Crippen molar-refractivity contribution in [3.63, 3.8) is 0 Å². The van der Waals surface area contributed by atoms with Crippen LogP contribution in [0.3, 0.4) is 0 Å². The number of hydrogen-bond acceptors (Lipinski definition) is 6. The molecule has 0 saturated heterocycles. The van der Waals surface area contributed by atoms with E-state index in [1.54, 1.807) is 38.3 Å². The molecule has 0 spiro atoms. The summed E-state index contributed by atoms with van der Waals surface area (Å²) in [7, 11) is 1.60. The zero-order valence-electron chi connectivity index (χ0n) is 15.7. The van der Waals surface area contributed by atoms with Crippen LogP contribution >= 0.6 is 11.8 Å². The van der Waals surface area contributed by atoms with Gasteiger partial charge in [-0.25, -0.2) is 0 Å². The monoisotopic (exact) mass is 398 g/mol. The maximum Gasteiger partial charge on any atom is 0.234 e. The second-order valence-corrected chi connectivity index (χ2v) is 7.13. The predicted octanol–water partition coefficient (Wildman–Crippen LogP) is 2.93. The van der Waals surface area contributed by atoms with Crippen molar-refractivity contribution in [3.05, 3.63) is 60.4 Å². The minimum atomic E-state index is -0.539. The summed E-state index contributed by atoms with van der Waals surface area (Å²) >= 11 is 1.30. The van der Waals surface area contributed by atoms with E-state index in [9.17, 15) is 9.90 Å². The maximum absolute atomic E-state index is 12.3. The Labute approximate surface area is 167 Å². The van der Waals surface area contributed by atoms with Crippen LogP contribution in [0.25, 0.3) is 5.69 Å². The number of hydrogen-bond donors (Lipinski definition) is 2. The first-order valence-corrected chi connectivity index (χ1v) is 9.80. The Kier molecular flexibility index (Phi) is 6.67. The Morgan fingerprint density at radius 3 is 2.54 bits per heavy atom. The fourth-order valence-corrected chi connectivity index (χ4v) is 3.40. The number of aromatic nitrogens is 3. The first-order chi connectivity index (χ1) is 13.6. The van der Waals surface area contributed by atoms with Gasteiger partial charge in [-0.05, 0) is 43.3 Å². The van der Waals surface area contributed by atoms with E-state index in [2.05, 4.69) is 15.5 Å². The van der Waals surface area contributed by atoms with Gasteiger partial charge in [-0.15, -0.1) is 10.2 Å². The molecule has 146 valence electrons. The Morgan fingerprint density at radius 1 is 1.18 bits per heavy atom. The molecule has 1 aromatic heterocycles. The number of thioether (sulfide) groups is 1. The first-order valence-electron chi connectivity index (χ1n) is 8.81. The summed E-state index contributed by atoms with van der Waals surface area (Å²) in [6.45, 7) is 1.71. The van der Waals surface area contributed by atoms with Crippen LogP contribution in [-0.2, 0) is 11.2 Å².